The fourth-order valence-corrected chi connectivity index (χ4v) is 2.16. The number of carbonyl (C=O) groups is 1. The van der Waals surface area contributed by atoms with E-state index < -0.39 is 5.97 Å². The second-order valence-corrected chi connectivity index (χ2v) is 5.75. The molecule has 1 unspecified atom stereocenters. The van der Waals surface area contributed by atoms with Gasteiger partial charge in [0.2, 0.25) is 0 Å². The van der Waals surface area contributed by atoms with Crippen molar-refractivity contribution in [2.24, 2.45) is 0 Å². The first kappa shape index (κ1) is 18.2. The van der Waals surface area contributed by atoms with E-state index in [2.05, 4.69) is 17.0 Å². The maximum absolute atomic E-state index is 11.7. The van der Waals surface area contributed by atoms with Gasteiger partial charge < -0.3 is 9.47 Å². The molecule has 1 aromatic rings. The average Bonchev–Trinajstić information content (AvgIpc) is 2.37. The Hall–Kier alpha value is -1.88. The zero-order valence-corrected chi connectivity index (χ0v) is 13.8. The van der Waals surface area contributed by atoms with Crippen LogP contribution in [0.5, 0.6) is 0 Å². The van der Waals surface area contributed by atoms with Gasteiger partial charge in [0, 0.05) is 13.1 Å². The molecule has 0 spiro atoms. The highest BCUT2D eigenvalue weighted by Crippen LogP contribution is 2.05. The lowest BCUT2D eigenvalue weighted by molar-refractivity contribution is -0.147. The molecule has 0 saturated carbocycles. The monoisotopic (exact) mass is 306 g/mol. The molecule has 0 amide bonds. The molecule has 0 aliphatic rings. The second kappa shape index (κ2) is 9.20. The Kier molecular flexibility index (Phi) is 7.60. The summed E-state index contributed by atoms with van der Waals surface area (Å²) in [5.41, 5.74) is 1.22. The summed E-state index contributed by atoms with van der Waals surface area (Å²) in [5, 5.41) is 7.55. The number of ether oxygens (including phenoxy) is 2. The molecule has 122 valence electrons. The predicted molar refractivity (Wildman–Crippen MR) is 86.9 cm³/mol. The first-order chi connectivity index (χ1) is 10.4. The lowest BCUT2D eigenvalue weighted by Gasteiger charge is -2.21. The van der Waals surface area contributed by atoms with Crippen molar-refractivity contribution in [1.29, 1.82) is 5.41 Å². The van der Waals surface area contributed by atoms with Gasteiger partial charge in [-0.2, -0.15) is 0 Å². The van der Waals surface area contributed by atoms with Crippen LogP contribution in [0.15, 0.2) is 30.3 Å². The molecular weight excluding hydrogens is 280 g/mol. The smallest absolute Gasteiger partial charge is 0.315 e. The van der Waals surface area contributed by atoms with Crippen molar-refractivity contribution in [3.05, 3.63) is 35.9 Å². The normalized spacial score (nSPS) is 12.3. The Labute approximate surface area is 132 Å². The largest absolute Gasteiger partial charge is 0.478 e. The molecule has 0 aliphatic carbocycles. The highest BCUT2D eigenvalue weighted by Gasteiger charge is 2.15. The van der Waals surface area contributed by atoms with Crippen molar-refractivity contribution < 1.29 is 14.3 Å². The zero-order valence-electron chi connectivity index (χ0n) is 13.8. The van der Waals surface area contributed by atoms with Crippen LogP contribution in [0, 0.1) is 5.41 Å². The van der Waals surface area contributed by atoms with E-state index in [0.29, 0.717) is 6.54 Å². The SMILES string of the molecule is CC(C)OC(=N)CC(=O)OC(C)CN(C)Cc1ccccc1. The Balaban J connectivity index is 2.31. The number of hydrogen-bond donors (Lipinski definition) is 1. The zero-order chi connectivity index (χ0) is 16.5. The molecular formula is C17H26N2O3. The second-order valence-electron chi connectivity index (χ2n) is 5.75. The Morgan fingerprint density at radius 3 is 2.41 bits per heavy atom. The molecule has 0 aromatic heterocycles. The maximum Gasteiger partial charge on any atom is 0.315 e. The molecule has 0 fully saturated rings. The maximum atomic E-state index is 11.7. The van der Waals surface area contributed by atoms with Crippen LogP contribution < -0.4 is 0 Å². The fourth-order valence-electron chi connectivity index (χ4n) is 2.16. The average molecular weight is 306 g/mol. The molecule has 5 heteroatoms. The minimum Gasteiger partial charge on any atom is -0.478 e. The third kappa shape index (κ3) is 7.78. The van der Waals surface area contributed by atoms with E-state index in [1.165, 1.54) is 5.56 Å². The van der Waals surface area contributed by atoms with Crippen molar-refractivity contribution in [2.45, 2.75) is 45.9 Å². The predicted octanol–water partition coefficient (Wildman–Crippen LogP) is 2.84. The first-order valence-corrected chi connectivity index (χ1v) is 7.53. The third-order valence-corrected chi connectivity index (χ3v) is 2.88. The van der Waals surface area contributed by atoms with Gasteiger partial charge in [0.05, 0.1) is 6.10 Å². The van der Waals surface area contributed by atoms with Gasteiger partial charge in [-0.3, -0.25) is 15.1 Å². The number of nitrogens with zero attached hydrogens (tertiary/aromatic N) is 1. The van der Waals surface area contributed by atoms with E-state index >= 15 is 0 Å². The molecule has 5 nitrogen and oxygen atoms in total. The summed E-state index contributed by atoms with van der Waals surface area (Å²) in [4.78, 5) is 13.8. The minimum absolute atomic E-state index is 0.0511. The number of benzene rings is 1. The number of carbonyl (C=O) groups excluding carboxylic acids is 1. The number of rotatable bonds is 8. The highest BCUT2D eigenvalue weighted by atomic mass is 16.5. The van der Waals surface area contributed by atoms with E-state index in [9.17, 15) is 4.79 Å². The Morgan fingerprint density at radius 2 is 1.82 bits per heavy atom. The van der Waals surface area contributed by atoms with Gasteiger partial charge >= 0.3 is 5.97 Å². The quantitative estimate of drug-likeness (QED) is 0.456. The molecule has 1 rings (SSSR count). The van der Waals surface area contributed by atoms with Gasteiger partial charge in [0.25, 0.3) is 0 Å². The number of nitrogens with one attached hydrogen (secondary N) is 1. The molecule has 0 aliphatic heterocycles. The molecule has 1 atom stereocenters. The van der Waals surface area contributed by atoms with E-state index in [1.807, 2.05) is 46.0 Å². The van der Waals surface area contributed by atoms with Crippen LogP contribution in [0.1, 0.15) is 32.8 Å². The van der Waals surface area contributed by atoms with Crippen molar-refractivity contribution in [3.63, 3.8) is 0 Å². The van der Waals surface area contributed by atoms with E-state index in [4.69, 9.17) is 14.9 Å². The van der Waals surface area contributed by atoms with Crippen LogP contribution in [-0.4, -0.2) is 42.6 Å². The third-order valence-electron chi connectivity index (χ3n) is 2.88. The van der Waals surface area contributed by atoms with Crippen LogP contribution >= 0.6 is 0 Å². The first-order valence-electron chi connectivity index (χ1n) is 7.53. The summed E-state index contributed by atoms with van der Waals surface area (Å²) in [7, 11) is 1.99. The number of hydrogen-bond acceptors (Lipinski definition) is 5. The van der Waals surface area contributed by atoms with Gasteiger partial charge in [-0.25, -0.2) is 0 Å². The number of likely N-dealkylation sites (N-methyl/N-ethyl adjacent to an activating group) is 1. The lowest BCUT2D eigenvalue weighted by Crippen LogP contribution is -2.31. The molecule has 0 saturated heterocycles. The topological polar surface area (TPSA) is 62.6 Å². The molecule has 0 heterocycles. The van der Waals surface area contributed by atoms with Gasteiger partial charge in [0.15, 0.2) is 5.90 Å². The fraction of sp³-hybridized carbons (Fsp3) is 0.529. The molecule has 1 aromatic carbocycles. The standard InChI is InChI=1S/C17H26N2O3/c1-13(2)21-16(18)10-17(20)22-14(3)11-19(4)12-15-8-6-5-7-9-15/h5-9,13-14,18H,10-12H2,1-4H3. The van der Waals surface area contributed by atoms with Crippen molar-refractivity contribution in [3.8, 4) is 0 Å². The molecule has 22 heavy (non-hydrogen) atoms. The van der Waals surface area contributed by atoms with Crippen molar-refractivity contribution in [2.75, 3.05) is 13.6 Å². The molecule has 0 bridgehead atoms. The van der Waals surface area contributed by atoms with Gasteiger partial charge in [-0.15, -0.1) is 0 Å². The number of esters is 1. The Bertz CT molecular complexity index is 474. The molecule has 1 N–H and O–H groups in total. The summed E-state index contributed by atoms with van der Waals surface area (Å²) < 4.78 is 10.4. The summed E-state index contributed by atoms with van der Waals surface area (Å²) in [6.45, 7) is 6.93. The Morgan fingerprint density at radius 1 is 1.18 bits per heavy atom. The van der Waals surface area contributed by atoms with Crippen LogP contribution in [0.25, 0.3) is 0 Å². The summed E-state index contributed by atoms with van der Waals surface area (Å²) >= 11 is 0. The van der Waals surface area contributed by atoms with Crippen LogP contribution in [0.4, 0.5) is 0 Å². The van der Waals surface area contributed by atoms with Gasteiger partial charge in [0.1, 0.15) is 12.5 Å². The van der Waals surface area contributed by atoms with E-state index in [0.717, 1.165) is 6.54 Å². The highest BCUT2D eigenvalue weighted by molar-refractivity contribution is 5.92. The van der Waals surface area contributed by atoms with Crippen molar-refractivity contribution >= 4 is 11.9 Å². The van der Waals surface area contributed by atoms with Crippen LogP contribution in [0.2, 0.25) is 0 Å². The molecule has 0 radical (unpaired) electrons. The van der Waals surface area contributed by atoms with Gasteiger partial charge in [-0.1, -0.05) is 30.3 Å². The van der Waals surface area contributed by atoms with E-state index in [1.54, 1.807) is 0 Å². The minimum atomic E-state index is -0.425. The van der Waals surface area contributed by atoms with Crippen LogP contribution in [-0.2, 0) is 20.8 Å². The van der Waals surface area contributed by atoms with Crippen molar-refractivity contribution in [1.82, 2.24) is 4.90 Å². The lowest BCUT2D eigenvalue weighted by atomic mass is 10.2. The van der Waals surface area contributed by atoms with E-state index in [-0.39, 0.29) is 24.5 Å². The van der Waals surface area contributed by atoms with Crippen LogP contribution in [0.3, 0.4) is 0 Å². The summed E-state index contributed by atoms with van der Waals surface area (Å²) in [6, 6.07) is 10.1. The van der Waals surface area contributed by atoms with Gasteiger partial charge in [-0.05, 0) is 33.4 Å². The summed E-state index contributed by atoms with van der Waals surface area (Å²) in [5.74, 6) is -0.476. The summed E-state index contributed by atoms with van der Waals surface area (Å²) in [6.07, 6.45) is -0.451.